The Morgan fingerprint density at radius 1 is 1.18 bits per heavy atom. The molecule has 1 aliphatic rings. The van der Waals surface area contributed by atoms with Gasteiger partial charge >= 0.3 is 11.9 Å². The first-order valence-corrected chi connectivity index (χ1v) is 6.74. The molecule has 0 N–H and O–H groups in total. The van der Waals surface area contributed by atoms with E-state index in [0.29, 0.717) is 6.61 Å². The monoisotopic (exact) mass is 304 g/mol. The van der Waals surface area contributed by atoms with Crippen LogP contribution in [-0.2, 0) is 14.2 Å². The summed E-state index contributed by atoms with van der Waals surface area (Å²) < 4.78 is 14.9. The summed E-state index contributed by atoms with van der Waals surface area (Å²) in [6, 6.07) is 4.12. The quantitative estimate of drug-likeness (QED) is 0.330. The zero-order chi connectivity index (χ0) is 16.1. The largest absolute Gasteiger partial charge is 0.459 e. The zero-order valence-electron chi connectivity index (χ0n) is 12.2. The summed E-state index contributed by atoms with van der Waals surface area (Å²) in [6.45, 7) is 5.56. The number of carbonyl (C=O) groups excluding carboxylic acids is 3. The predicted octanol–water partition coefficient (Wildman–Crippen LogP) is 1.79. The molecule has 0 amide bonds. The van der Waals surface area contributed by atoms with Gasteiger partial charge in [0.15, 0.2) is 5.78 Å². The van der Waals surface area contributed by atoms with Gasteiger partial charge in [0.25, 0.3) is 0 Å². The highest BCUT2D eigenvalue weighted by molar-refractivity contribution is 6.02. The van der Waals surface area contributed by atoms with Gasteiger partial charge in [-0.05, 0) is 25.1 Å². The molecule has 1 saturated heterocycles. The van der Waals surface area contributed by atoms with Crippen LogP contribution in [0.4, 0.5) is 0 Å². The van der Waals surface area contributed by atoms with Crippen molar-refractivity contribution in [2.75, 3.05) is 19.8 Å². The first-order valence-electron chi connectivity index (χ1n) is 6.74. The van der Waals surface area contributed by atoms with Crippen molar-refractivity contribution in [2.24, 2.45) is 0 Å². The maximum absolute atomic E-state index is 12.0. The van der Waals surface area contributed by atoms with E-state index in [4.69, 9.17) is 14.2 Å². The molecule has 1 fully saturated rings. The maximum Gasteiger partial charge on any atom is 0.338 e. The average molecular weight is 304 g/mol. The molecule has 1 aromatic carbocycles. The Hall–Kier alpha value is -2.47. The van der Waals surface area contributed by atoms with Crippen LogP contribution in [-0.4, -0.2) is 43.6 Å². The number of ketones is 1. The summed E-state index contributed by atoms with van der Waals surface area (Å²) in [6.07, 6.45) is 1.37. The Bertz CT molecular complexity index is 615. The lowest BCUT2D eigenvalue weighted by Crippen LogP contribution is -2.13. The van der Waals surface area contributed by atoms with Crippen LogP contribution in [0.1, 0.15) is 38.0 Å². The van der Waals surface area contributed by atoms with Crippen LogP contribution in [0.3, 0.4) is 0 Å². The van der Waals surface area contributed by atoms with E-state index in [1.807, 2.05) is 0 Å². The molecule has 2 rings (SSSR count). The third kappa shape index (κ3) is 4.26. The van der Waals surface area contributed by atoms with Gasteiger partial charge in [-0.2, -0.15) is 0 Å². The molecule has 0 saturated carbocycles. The Morgan fingerprint density at radius 2 is 1.73 bits per heavy atom. The number of hydrogen-bond acceptors (Lipinski definition) is 6. The van der Waals surface area contributed by atoms with Crippen molar-refractivity contribution in [1.82, 2.24) is 0 Å². The molecule has 6 heteroatoms. The van der Waals surface area contributed by atoms with Crippen LogP contribution in [0.25, 0.3) is 0 Å². The molecule has 0 aliphatic carbocycles. The molecule has 6 nitrogen and oxygen atoms in total. The smallest absolute Gasteiger partial charge is 0.338 e. The molecule has 1 heterocycles. The molecule has 1 aliphatic heterocycles. The second kappa shape index (κ2) is 7.00. The summed E-state index contributed by atoms with van der Waals surface area (Å²) in [5.41, 5.74) is 0.478. The topological polar surface area (TPSA) is 82.2 Å². The minimum atomic E-state index is -0.637. The van der Waals surface area contributed by atoms with E-state index in [0.717, 1.165) is 0 Å². The molecule has 1 unspecified atom stereocenters. The Morgan fingerprint density at radius 3 is 2.23 bits per heavy atom. The van der Waals surface area contributed by atoms with Crippen LogP contribution < -0.4 is 0 Å². The van der Waals surface area contributed by atoms with Crippen molar-refractivity contribution in [3.05, 3.63) is 47.5 Å². The molecular weight excluding hydrogens is 288 g/mol. The fourth-order valence-electron chi connectivity index (χ4n) is 1.70. The highest BCUT2D eigenvalue weighted by atomic mass is 16.6. The van der Waals surface area contributed by atoms with E-state index in [1.54, 1.807) is 0 Å². The number of esters is 2. The van der Waals surface area contributed by atoms with Crippen molar-refractivity contribution in [3.8, 4) is 0 Å². The number of epoxide rings is 1. The van der Waals surface area contributed by atoms with Crippen LogP contribution in [0.15, 0.2) is 30.9 Å². The maximum atomic E-state index is 12.0. The highest BCUT2D eigenvalue weighted by Crippen LogP contribution is 2.15. The summed E-state index contributed by atoms with van der Waals surface area (Å²) in [5, 5.41) is 0. The van der Waals surface area contributed by atoms with E-state index >= 15 is 0 Å². The summed E-state index contributed by atoms with van der Waals surface area (Å²) in [7, 11) is 0. The van der Waals surface area contributed by atoms with Gasteiger partial charge in [-0.1, -0.05) is 12.7 Å². The average Bonchev–Trinajstić information content (AvgIpc) is 3.33. The number of rotatable bonds is 7. The Balaban J connectivity index is 2.21. The van der Waals surface area contributed by atoms with Crippen molar-refractivity contribution in [2.45, 2.75) is 13.0 Å². The van der Waals surface area contributed by atoms with Crippen molar-refractivity contribution >= 4 is 17.7 Å². The Kier molecular flexibility index (Phi) is 5.06. The van der Waals surface area contributed by atoms with Gasteiger partial charge in [0, 0.05) is 5.56 Å². The predicted molar refractivity (Wildman–Crippen MR) is 76.9 cm³/mol. The number of carbonyl (C=O) groups is 3. The van der Waals surface area contributed by atoms with Crippen LogP contribution in [0, 0.1) is 0 Å². The first-order chi connectivity index (χ1) is 10.5. The van der Waals surface area contributed by atoms with Crippen LogP contribution in [0.5, 0.6) is 0 Å². The standard InChI is InChI=1S/C16H16O6/c1-3-4-20-15(18)12-5-11(10(2)17)6-13(7-12)16(19)22-9-14-8-21-14/h3,5-7,14H,1,4,8-9H2,2H3. The second-order valence-corrected chi connectivity index (χ2v) is 4.80. The Labute approximate surface area is 127 Å². The molecule has 22 heavy (non-hydrogen) atoms. The molecule has 116 valence electrons. The van der Waals surface area contributed by atoms with Gasteiger partial charge in [-0.3, -0.25) is 4.79 Å². The lowest BCUT2D eigenvalue weighted by atomic mass is 10.0. The van der Waals surface area contributed by atoms with Gasteiger partial charge in [-0.15, -0.1) is 0 Å². The fraction of sp³-hybridized carbons (Fsp3) is 0.312. The molecule has 1 aromatic rings. The molecule has 0 bridgehead atoms. The number of benzene rings is 1. The van der Waals surface area contributed by atoms with Crippen LogP contribution in [0.2, 0.25) is 0 Å². The molecule has 0 radical (unpaired) electrons. The summed E-state index contributed by atoms with van der Waals surface area (Å²) >= 11 is 0. The zero-order valence-corrected chi connectivity index (χ0v) is 12.2. The third-order valence-electron chi connectivity index (χ3n) is 2.95. The number of Topliss-reactive ketones (excluding diaryl/α,β-unsaturated/α-hetero) is 1. The lowest BCUT2D eigenvalue weighted by molar-refractivity contribution is 0.0476. The van der Waals surface area contributed by atoms with E-state index < -0.39 is 11.9 Å². The van der Waals surface area contributed by atoms with E-state index in [1.165, 1.54) is 31.2 Å². The van der Waals surface area contributed by atoms with Crippen molar-refractivity contribution in [1.29, 1.82) is 0 Å². The SMILES string of the molecule is C=CCOC(=O)c1cc(C(C)=O)cc(C(=O)OCC2CO2)c1. The third-order valence-corrected chi connectivity index (χ3v) is 2.95. The fourth-order valence-corrected chi connectivity index (χ4v) is 1.70. The summed E-state index contributed by atoms with van der Waals surface area (Å²) in [4.78, 5) is 35.4. The minimum absolute atomic E-state index is 0.0436. The molecule has 1 atom stereocenters. The van der Waals surface area contributed by atoms with Crippen molar-refractivity contribution < 1.29 is 28.6 Å². The molecule has 0 aromatic heterocycles. The highest BCUT2D eigenvalue weighted by Gasteiger charge is 2.25. The van der Waals surface area contributed by atoms with E-state index in [9.17, 15) is 14.4 Å². The molecular formula is C16H16O6. The van der Waals surface area contributed by atoms with Gasteiger partial charge in [0.1, 0.15) is 19.3 Å². The number of ether oxygens (including phenoxy) is 3. The van der Waals surface area contributed by atoms with Crippen LogP contribution >= 0.6 is 0 Å². The first kappa shape index (κ1) is 15.9. The minimum Gasteiger partial charge on any atom is -0.459 e. The van der Waals surface area contributed by atoms with Gasteiger partial charge < -0.3 is 14.2 Å². The second-order valence-electron chi connectivity index (χ2n) is 4.80. The summed E-state index contributed by atoms with van der Waals surface area (Å²) in [5.74, 6) is -1.52. The van der Waals surface area contributed by atoms with E-state index in [-0.39, 0.29) is 41.8 Å². The van der Waals surface area contributed by atoms with Gasteiger partial charge in [0.2, 0.25) is 0 Å². The van der Waals surface area contributed by atoms with E-state index in [2.05, 4.69) is 6.58 Å². The lowest BCUT2D eigenvalue weighted by Gasteiger charge is -2.08. The number of hydrogen-bond donors (Lipinski definition) is 0. The van der Waals surface area contributed by atoms with Gasteiger partial charge in [0.05, 0.1) is 17.7 Å². The normalized spacial score (nSPS) is 15.8. The molecule has 0 spiro atoms. The van der Waals surface area contributed by atoms with Gasteiger partial charge in [-0.25, -0.2) is 9.59 Å². The van der Waals surface area contributed by atoms with Crippen molar-refractivity contribution in [3.63, 3.8) is 0 Å².